The van der Waals surface area contributed by atoms with Gasteiger partial charge in [-0.3, -0.25) is 0 Å². The monoisotopic (exact) mass is 613 g/mol. The average molecular weight is 614 g/mol. The van der Waals surface area contributed by atoms with Gasteiger partial charge in [-0.05, 0) is 60.7 Å². The summed E-state index contributed by atoms with van der Waals surface area (Å²) in [6.45, 7) is 0. The first-order valence-corrected chi connectivity index (χ1v) is 16.6. The molecule has 0 fully saturated rings. The Labute approximate surface area is 266 Å². The number of benzene rings is 5. The number of rotatable bonds is 3. The van der Waals surface area contributed by atoms with Crippen LogP contribution in [0, 0.1) is 0 Å². The second kappa shape index (κ2) is 9.66. The van der Waals surface area contributed by atoms with Crippen LogP contribution in [0.3, 0.4) is 0 Å². The maximum atomic E-state index is 6.54. The highest BCUT2D eigenvalue weighted by atomic mass is 32.1. The lowest BCUT2D eigenvalue weighted by molar-refractivity contribution is 0.269. The van der Waals surface area contributed by atoms with E-state index in [9.17, 15) is 0 Å². The summed E-state index contributed by atoms with van der Waals surface area (Å²) in [6.07, 6.45) is 8.47. The van der Waals surface area contributed by atoms with Crippen molar-refractivity contribution in [3.63, 3.8) is 0 Å². The summed E-state index contributed by atoms with van der Waals surface area (Å²) >= 11 is 3.62. The highest BCUT2D eigenvalue weighted by Crippen LogP contribution is 2.46. The topological polar surface area (TPSA) is 47.9 Å². The highest BCUT2D eigenvalue weighted by molar-refractivity contribution is 7.26. The van der Waals surface area contributed by atoms with Crippen LogP contribution in [0.25, 0.3) is 74.5 Å². The third kappa shape index (κ3) is 3.93. The van der Waals surface area contributed by atoms with Crippen molar-refractivity contribution in [1.82, 2.24) is 15.0 Å². The summed E-state index contributed by atoms with van der Waals surface area (Å²) < 4.78 is 11.6. The lowest BCUT2D eigenvalue weighted by Crippen LogP contribution is -2.15. The molecule has 1 aliphatic carbocycles. The Morgan fingerprint density at radius 2 is 1.09 bits per heavy atom. The maximum Gasteiger partial charge on any atom is 0.167 e. The third-order valence-corrected chi connectivity index (χ3v) is 11.2. The van der Waals surface area contributed by atoms with Crippen LogP contribution < -0.4 is 4.74 Å². The molecule has 4 heterocycles. The molecule has 0 saturated heterocycles. The molecule has 45 heavy (non-hydrogen) atoms. The molecule has 0 radical (unpaired) electrons. The second-order valence-corrected chi connectivity index (χ2v) is 13.7. The van der Waals surface area contributed by atoms with Gasteiger partial charge in [0.15, 0.2) is 17.5 Å². The van der Waals surface area contributed by atoms with Crippen LogP contribution in [0.2, 0.25) is 0 Å². The molecular formula is C39H23N3OS2. The molecule has 0 spiro atoms. The molecule has 0 saturated carbocycles. The van der Waals surface area contributed by atoms with E-state index in [1.165, 1.54) is 45.9 Å². The molecule has 212 valence electrons. The number of ether oxygens (including phenoxy) is 1. The van der Waals surface area contributed by atoms with Gasteiger partial charge in [-0.1, -0.05) is 66.8 Å². The van der Waals surface area contributed by atoms with E-state index >= 15 is 0 Å². The number of aromatic nitrogens is 3. The van der Waals surface area contributed by atoms with Crippen molar-refractivity contribution in [2.75, 3.05) is 0 Å². The molecule has 1 aliphatic heterocycles. The third-order valence-electron chi connectivity index (χ3n) is 8.89. The Hall–Kier alpha value is -5.17. The standard InChI is InChI=1S/C39H23N3OS2/c1-4-13-31-24(8-1)27-11-7-12-28(36(27)43-31)39-41-37(22-16-18-34-29(20-22)25-9-2-5-14-32(25)44-34)40-38(42-39)23-17-19-35-30(21-23)26-10-3-6-15-33(26)45-35/h1-21,24,31H. The molecular weight excluding hydrogens is 591 g/mol. The molecule has 2 atom stereocenters. The average Bonchev–Trinajstić information content (AvgIpc) is 3.78. The molecule has 0 N–H and O–H groups in total. The molecule has 4 nitrogen and oxygen atoms in total. The zero-order valence-electron chi connectivity index (χ0n) is 23.8. The highest BCUT2D eigenvalue weighted by Gasteiger charge is 2.34. The van der Waals surface area contributed by atoms with Crippen molar-refractivity contribution in [1.29, 1.82) is 0 Å². The molecule has 6 heteroatoms. The minimum atomic E-state index is -0.0181. The predicted molar refractivity (Wildman–Crippen MR) is 187 cm³/mol. The van der Waals surface area contributed by atoms with Gasteiger partial charge in [0.05, 0.1) is 5.56 Å². The first kappa shape index (κ1) is 25.2. The Morgan fingerprint density at radius 3 is 1.76 bits per heavy atom. The Bertz CT molecular complexity index is 2430. The lowest BCUT2D eigenvalue weighted by Gasteiger charge is -2.14. The fourth-order valence-corrected chi connectivity index (χ4v) is 8.90. The van der Waals surface area contributed by atoms with Crippen LogP contribution in [-0.4, -0.2) is 21.1 Å². The fourth-order valence-electron chi connectivity index (χ4n) is 6.73. The van der Waals surface area contributed by atoms with Crippen molar-refractivity contribution < 1.29 is 4.74 Å². The summed E-state index contributed by atoms with van der Waals surface area (Å²) in [7, 11) is 0. The van der Waals surface area contributed by atoms with Crippen molar-refractivity contribution in [3.8, 4) is 39.9 Å². The first-order chi connectivity index (χ1) is 22.3. The maximum absolute atomic E-state index is 6.54. The van der Waals surface area contributed by atoms with Gasteiger partial charge in [0, 0.05) is 63.0 Å². The van der Waals surface area contributed by atoms with Crippen molar-refractivity contribution in [3.05, 3.63) is 133 Å². The van der Waals surface area contributed by atoms with E-state index in [-0.39, 0.29) is 12.0 Å². The van der Waals surface area contributed by atoms with Gasteiger partial charge >= 0.3 is 0 Å². The minimum Gasteiger partial charge on any atom is -0.484 e. The van der Waals surface area contributed by atoms with E-state index in [2.05, 4.69) is 127 Å². The summed E-state index contributed by atoms with van der Waals surface area (Å²) in [6, 6.07) is 36.5. The Balaban J connectivity index is 1.20. The van der Waals surface area contributed by atoms with Gasteiger partial charge in [0.2, 0.25) is 0 Å². The molecule has 2 unspecified atom stereocenters. The first-order valence-electron chi connectivity index (χ1n) is 15.0. The van der Waals surface area contributed by atoms with Crippen LogP contribution in [0.15, 0.2) is 127 Å². The number of fused-ring (bicyclic) bond motifs is 9. The number of hydrogen-bond donors (Lipinski definition) is 0. The van der Waals surface area contributed by atoms with Crippen molar-refractivity contribution >= 4 is 63.0 Å². The van der Waals surface area contributed by atoms with E-state index in [1.54, 1.807) is 0 Å². The number of hydrogen-bond acceptors (Lipinski definition) is 6. The van der Waals surface area contributed by atoms with E-state index < -0.39 is 0 Å². The number of thiophene rings is 2. The van der Waals surface area contributed by atoms with Gasteiger partial charge in [0.25, 0.3) is 0 Å². The number of allylic oxidation sites excluding steroid dienone is 2. The van der Waals surface area contributed by atoms with Gasteiger partial charge in [-0.15, -0.1) is 22.7 Å². The Morgan fingerprint density at radius 1 is 0.511 bits per heavy atom. The molecule has 0 bridgehead atoms. The van der Waals surface area contributed by atoms with E-state index in [0.717, 1.165) is 22.4 Å². The molecule has 3 aromatic heterocycles. The van der Waals surface area contributed by atoms with Crippen LogP contribution in [0.5, 0.6) is 5.75 Å². The lowest BCUT2D eigenvalue weighted by atomic mass is 9.91. The van der Waals surface area contributed by atoms with Gasteiger partial charge in [0.1, 0.15) is 11.9 Å². The SMILES string of the molecule is C1=CC2Oc3c(-c4nc(-c5ccc6sc7ccccc7c6c5)nc(-c5ccc6sc7ccccc7c6c5)n4)cccc3C2C=C1. The van der Waals surface area contributed by atoms with Crippen LogP contribution in [0.4, 0.5) is 0 Å². The summed E-state index contributed by atoms with van der Waals surface area (Å²) in [5.41, 5.74) is 3.98. The summed E-state index contributed by atoms with van der Waals surface area (Å²) in [5.74, 6) is 2.95. The molecule has 8 aromatic rings. The van der Waals surface area contributed by atoms with Crippen molar-refractivity contribution in [2.24, 2.45) is 0 Å². The zero-order chi connectivity index (χ0) is 29.5. The molecule has 5 aromatic carbocycles. The largest absolute Gasteiger partial charge is 0.484 e. The van der Waals surface area contributed by atoms with Crippen LogP contribution >= 0.6 is 22.7 Å². The quantitative estimate of drug-likeness (QED) is 0.199. The second-order valence-electron chi connectivity index (χ2n) is 11.5. The fraction of sp³-hybridized carbons (Fsp3) is 0.0513. The smallest absolute Gasteiger partial charge is 0.167 e. The van der Waals surface area contributed by atoms with E-state index in [1.807, 2.05) is 22.7 Å². The zero-order valence-corrected chi connectivity index (χ0v) is 25.5. The normalized spacial score (nSPS) is 16.9. The summed E-state index contributed by atoms with van der Waals surface area (Å²) in [4.78, 5) is 15.4. The summed E-state index contributed by atoms with van der Waals surface area (Å²) in [5, 5.41) is 4.94. The Kier molecular flexibility index (Phi) is 5.41. The molecule has 0 amide bonds. The van der Waals surface area contributed by atoms with E-state index in [4.69, 9.17) is 19.7 Å². The number of para-hydroxylation sites is 1. The molecule has 2 aliphatic rings. The van der Waals surface area contributed by atoms with Crippen molar-refractivity contribution in [2.45, 2.75) is 12.0 Å². The van der Waals surface area contributed by atoms with Crippen LogP contribution in [0.1, 0.15) is 11.5 Å². The van der Waals surface area contributed by atoms with E-state index in [0.29, 0.717) is 17.5 Å². The predicted octanol–water partition coefficient (Wildman–Crippen LogP) is 10.6. The molecule has 10 rings (SSSR count). The van der Waals surface area contributed by atoms with Gasteiger partial charge < -0.3 is 4.74 Å². The van der Waals surface area contributed by atoms with Crippen LogP contribution in [-0.2, 0) is 0 Å². The van der Waals surface area contributed by atoms with Gasteiger partial charge in [-0.25, -0.2) is 15.0 Å². The minimum absolute atomic E-state index is 0.0181. The number of nitrogens with zero attached hydrogens (tertiary/aromatic N) is 3. The van der Waals surface area contributed by atoms with Gasteiger partial charge in [-0.2, -0.15) is 0 Å².